The van der Waals surface area contributed by atoms with Crippen LogP contribution in [0.2, 0.25) is 0 Å². The van der Waals surface area contributed by atoms with E-state index in [-0.39, 0.29) is 9.92 Å². The van der Waals surface area contributed by atoms with Gasteiger partial charge in [-0.1, -0.05) is 48.5 Å². The maximum atomic E-state index is 13.3. The van der Waals surface area contributed by atoms with Crippen molar-refractivity contribution in [3.8, 4) is 16.9 Å². The van der Waals surface area contributed by atoms with Crippen LogP contribution in [0.25, 0.3) is 38.8 Å². The van der Waals surface area contributed by atoms with Crippen LogP contribution in [0.5, 0.6) is 0 Å². The van der Waals surface area contributed by atoms with Gasteiger partial charge in [0, 0.05) is 23.2 Å². The van der Waals surface area contributed by atoms with Crippen LogP contribution in [0, 0.1) is 13.8 Å². The van der Waals surface area contributed by atoms with Gasteiger partial charge in [-0.3, -0.25) is 4.57 Å². The van der Waals surface area contributed by atoms with Gasteiger partial charge in [-0.2, -0.15) is 0 Å². The third kappa shape index (κ3) is 3.67. The number of rotatable bonds is 4. The van der Waals surface area contributed by atoms with E-state index in [0.29, 0.717) is 0 Å². The average molecular weight is 490 g/mol. The van der Waals surface area contributed by atoms with Crippen molar-refractivity contribution in [1.82, 2.24) is 14.5 Å². The summed E-state index contributed by atoms with van der Waals surface area (Å²) in [6.45, 7) is 3.94. The zero-order valence-electron chi connectivity index (χ0n) is 19.9. The number of hydrogen-bond donors (Lipinski definition) is 0. The zero-order valence-corrected chi connectivity index (χ0v) is 20.7. The van der Waals surface area contributed by atoms with Crippen molar-refractivity contribution in [3.05, 3.63) is 115 Å². The molecule has 0 atom stereocenters. The van der Waals surface area contributed by atoms with Gasteiger partial charge in [0.1, 0.15) is 5.82 Å². The Morgan fingerprint density at radius 1 is 0.667 bits per heavy atom. The monoisotopic (exact) mass is 489 g/mol. The van der Waals surface area contributed by atoms with E-state index in [0.717, 1.165) is 49.9 Å². The third-order valence-corrected chi connectivity index (χ3v) is 8.11. The quantitative estimate of drug-likeness (QED) is 0.277. The molecule has 3 heterocycles. The molecule has 0 spiro atoms. The van der Waals surface area contributed by atoms with Crippen molar-refractivity contribution in [2.24, 2.45) is 0 Å². The maximum Gasteiger partial charge on any atom is 0.223 e. The first-order chi connectivity index (χ1) is 17.4. The van der Waals surface area contributed by atoms with Crippen LogP contribution in [0.3, 0.4) is 0 Å². The Morgan fingerprint density at radius 3 is 2.28 bits per heavy atom. The highest BCUT2D eigenvalue weighted by atomic mass is 32.2. The Hall–Kier alpha value is -4.29. The van der Waals surface area contributed by atoms with E-state index in [4.69, 9.17) is 0 Å². The van der Waals surface area contributed by atoms with Crippen LogP contribution in [-0.2, 0) is 9.84 Å². The van der Waals surface area contributed by atoms with Crippen molar-refractivity contribution >= 4 is 31.6 Å². The van der Waals surface area contributed by atoms with Crippen molar-refractivity contribution in [1.29, 1.82) is 0 Å². The molecular formula is C30H23N3O2S. The number of pyridine rings is 2. The molecule has 0 unspecified atom stereocenters. The van der Waals surface area contributed by atoms with Crippen LogP contribution in [0.15, 0.2) is 113 Å². The van der Waals surface area contributed by atoms with E-state index in [1.807, 2.05) is 43.5 Å². The minimum absolute atomic E-state index is 0.0475. The molecule has 0 fully saturated rings. The van der Waals surface area contributed by atoms with Gasteiger partial charge in [-0.25, -0.2) is 18.4 Å². The lowest BCUT2D eigenvalue weighted by atomic mass is 10.0. The van der Waals surface area contributed by atoms with E-state index in [2.05, 4.69) is 51.8 Å². The fourth-order valence-corrected chi connectivity index (χ4v) is 5.84. The summed E-state index contributed by atoms with van der Waals surface area (Å²) >= 11 is 0. The minimum Gasteiger partial charge on any atom is -0.294 e. The second kappa shape index (κ2) is 8.43. The van der Waals surface area contributed by atoms with E-state index in [1.54, 1.807) is 36.5 Å². The molecule has 0 aliphatic heterocycles. The van der Waals surface area contributed by atoms with E-state index in [9.17, 15) is 8.42 Å². The number of aryl methyl sites for hydroxylation is 2. The Bertz CT molecular complexity index is 1870. The van der Waals surface area contributed by atoms with E-state index < -0.39 is 9.84 Å². The number of para-hydroxylation sites is 1. The van der Waals surface area contributed by atoms with Crippen molar-refractivity contribution in [2.45, 2.75) is 23.8 Å². The minimum atomic E-state index is -3.73. The predicted octanol–water partition coefficient (Wildman–Crippen LogP) is 6.69. The molecule has 0 bridgehead atoms. The van der Waals surface area contributed by atoms with Crippen LogP contribution in [0.1, 0.15) is 11.1 Å². The molecule has 0 saturated carbocycles. The smallest absolute Gasteiger partial charge is 0.223 e. The molecule has 0 radical (unpaired) electrons. The van der Waals surface area contributed by atoms with Gasteiger partial charge in [0.15, 0.2) is 5.03 Å². The van der Waals surface area contributed by atoms with Gasteiger partial charge in [-0.05, 0) is 78.6 Å². The average Bonchev–Trinajstić information content (AvgIpc) is 3.23. The first kappa shape index (κ1) is 22.2. The van der Waals surface area contributed by atoms with Gasteiger partial charge >= 0.3 is 0 Å². The number of nitrogens with zero attached hydrogens (tertiary/aromatic N) is 3. The first-order valence-corrected chi connectivity index (χ1v) is 13.1. The molecule has 3 aromatic carbocycles. The Morgan fingerprint density at radius 2 is 1.47 bits per heavy atom. The molecule has 6 rings (SSSR count). The van der Waals surface area contributed by atoms with Gasteiger partial charge < -0.3 is 0 Å². The molecular weight excluding hydrogens is 466 g/mol. The lowest BCUT2D eigenvalue weighted by molar-refractivity contribution is 0.592. The Balaban J connectivity index is 1.53. The zero-order chi connectivity index (χ0) is 24.9. The van der Waals surface area contributed by atoms with Gasteiger partial charge in [-0.15, -0.1) is 0 Å². The molecule has 176 valence electrons. The number of fused-ring (bicyclic) bond motifs is 3. The van der Waals surface area contributed by atoms with Gasteiger partial charge in [0.2, 0.25) is 9.84 Å². The number of aromatic nitrogens is 3. The topological polar surface area (TPSA) is 64.8 Å². The standard InChI is InChI=1S/C30H23N3O2S/c1-20-14-15-31-29(16-20)33-27-9-4-3-8-25(27)26-12-11-23(18-28(26)33)22-6-5-7-24(17-22)36(34,35)30-13-10-21(2)19-32-30/h3-19H,1-2H3. The predicted molar refractivity (Wildman–Crippen MR) is 143 cm³/mol. The summed E-state index contributed by atoms with van der Waals surface area (Å²) in [5, 5.41) is 2.31. The molecule has 6 heteroatoms. The summed E-state index contributed by atoms with van der Waals surface area (Å²) in [5.41, 5.74) is 5.87. The normalized spacial score (nSPS) is 11.8. The fourth-order valence-electron chi connectivity index (χ4n) is 4.62. The SMILES string of the molecule is Cc1ccc(S(=O)(=O)c2cccc(-c3ccc4c5ccccc5n(-c5cc(C)ccn5)c4c3)c2)nc1. The number of hydrogen-bond acceptors (Lipinski definition) is 4. The number of benzene rings is 3. The molecule has 0 amide bonds. The first-order valence-electron chi connectivity index (χ1n) is 11.7. The summed E-state index contributed by atoms with van der Waals surface area (Å²) in [7, 11) is -3.73. The molecule has 3 aromatic heterocycles. The molecule has 6 aromatic rings. The van der Waals surface area contributed by atoms with Gasteiger partial charge in [0.25, 0.3) is 0 Å². The Kier molecular flexibility index (Phi) is 5.20. The fraction of sp³-hybridized carbons (Fsp3) is 0.0667. The van der Waals surface area contributed by atoms with Crippen molar-refractivity contribution < 1.29 is 8.42 Å². The van der Waals surface area contributed by atoms with Crippen LogP contribution in [0.4, 0.5) is 0 Å². The molecule has 5 nitrogen and oxygen atoms in total. The second-order valence-corrected chi connectivity index (χ2v) is 10.9. The Labute approximate surface area is 209 Å². The van der Waals surface area contributed by atoms with E-state index >= 15 is 0 Å². The van der Waals surface area contributed by atoms with E-state index in [1.165, 1.54) is 0 Å². The summed E-state index contributed by atoms with van der Waals surface area (Å²) in [6, 6.07) is 28.9. The summed E-state index contributed by atoms with van der Waals surface area (Å²) in [5.74, 6) is 0.847. The molecule has 36 heavy (non-hydrogen) atoms. The van der Waals surface area contributed by atoms with Crippen molar-refractivity contribution in [3.63, 3.8) is 0 Å². The lowest BCUT2D eigenvalue weighted by Gasteiger charge is -2.10. The largest absolute Gasteiger partial charge is 0.294 e. The summed E-state index contributed by atoms with van der Waals surface area (Å²) in [4.78, 5) is 9.02. The third-order valence-electron chi connectivity index (χ3n) is 6.44. The summed E-state index contributed by atoms with van der Waals surface area (Å²) in [6.07, 6.45) is 3.39. The van der Waals surface area contributed by atoms with Crippen molar-refractivity contribution in [2.75, 3.05) is 0 Å². The highest BCUT2D eigenvalue weighted by molar-refractivity contribution is 7.91. The number of sulfone groups is 1. The molecule has 0 saturated heterocycles. The van der Waals surface area contributed by atoms with Crippen LogP contribution >= 0.6 is 0 Å². The molecule has 0 N–H and O–H groups in total. The van der Waals surface area contributed by atoms with Gasteiger partial charge in [0.05, 0.1) is 15.9 Å². The molecule has 0 aliphatic carbocycles. The van der Waals surface area contributed by atoms with Crippen LogP contribution in [-0.4, -0.2) is 23.0 Å². The second-order valence-electron chi connectivity index (χ2n) is 8.98. The van der Waals surface area contributed by atoms with Crippen LogP contribution < -0.4 is 0 Å². The summed E-state index contributed by atoms with van der Waals surface area (Å²) < 4.78 is 28.7. The maximum absolute atomic E-state index is 13.3. The highest BCUT2D eigenvalue weighted by Gasteiger charge is 2.20. The lowest BCUT2D eigenvalue weighted by Crippen LogP contribution is -2.04. The highest BCUT2D eigenvalue weighted by Crippen LogP contribution is 2.35. The molecule has 0 aliphatic rings.